The van der Waals surface area contributed by atoms with Gasteiger partial charge < -0.3 is 0 Å². The Morgan fingerprint density at radius 1 is 0.875 bits per heavy atom. The van der Waals surface area contributed by atoms with Gasteiger partial charge >= 0.3 is 0 Å². The molecule has 3 nitrogen and oxygen atoms in total. The fraction of sp³-hybridized carbons (Fsp3) is 0. The van der Waals surface area contributed by atoms with E-state index in [1.54, 1.807) is 12.4 Å². The van der Waals surface area contributed by atoms with E-state index in [1.165, 1.54) is 0 Å². The molecule has 80 valence electrons. The molecule has 0 aliphatic rings. The molecule has 0 fully saturated rings. The molecule has 0 atom stereocenters. The van der Waals surface area contributed by atoms with Gasteiger partial charge in [0.15, 0.2) is 0 Å². The second-order valence-corrected chi connectivity index (χ2v) is 5.03. The van der Waals surface area contributed by atoms with E-state index in [4.69, 9.17) is 0 Å². The minimum Gasteiger partial charge on any atom is -0.274 e. The van der Waals surface area contributed by atoms with Gasteiger partial charge in [-0.05, 0) is 47.8 Å². The Bertz CT molecular complexity index is 418. The summed E-state index contributed by atoms with van der Waals surface area (Å²) in [5.41, 5.74) is 0. The summed E-state index contributed by atoms with van der Waals surface area (Å²) in [5.74, 6) is 0. The molecule has 0 aliphatic heterocycles. The lowest BCUT2D eigenvalue weighted by Crippen LogP contribution is -1.85. The SMILES string of the molecule is O=C(Sc1ccccn1)Sc1ccccn1. The van der Waals surface area contributed by atoms with Crippen LogP contribution < -0.4 is 0 Å². The van der Waals surface area contributed by atoms with Gasteiger partial charge in [0.1, 0.15) is 10.1 Å². The van der Waals surface area contributed by atoms with Crippen LogP contribution in [0.5, 0.6) is 0 Å². The van der Waals surface area contributed by atoms with E-state index in [0.29, 0.717) is 10.1 Å². The maximum Gasteiger partial charge on any atom is 0.258 e. The van der Waals surface area contributed by atoms with Crippen LogP contribution in [0.15, 0.2) is 58.8 Å². The zero-order valence-electron chi connectivity index (χ0n) is 8.24. The number of carbonyl (C=O) groups excluding carboxylic acids is 1. The van der Waals surface area contributed by atoms with Crippen LogP contribution in [0.1, 0.15) is 0 Å². The third kappa shape index (κ3) is 3.36. The van der Waals surface area contributed by atoms with Gasteiger partial charge in [-0.15, -0.1) is 0 Å². The van der Waals surface area contributed by atoms with Crippen LogP contribution in [-0.2, 0) is 0 Å². The smallest absolute Gasteiger partial charge is 0.258 e. The molecule has 2 rings (SSSR count). The third-order valence-electron chi connectivity index (χ3n) is 1.65. The topological polar surface area (TPSA) is 42.9 Å². The van der Waals surface area contributed by atoms with Crippen LogP contribution in [-0.4, -0.2) is 14.4 Å². The lowest BCUT2D eigenvalue weighted by molar-refractivity contribution is 0.276. The van der Waals surface area contributed by atoms with Crippen LogP contribution in [0.25, 0.3) is 0 Å². The van der Waals surface area contributed by atoms with Crippen molar-refractivity contribution in [2.24, 2.45) is 0 Å². The molecular weight excluding hydrogens is 240 g/mol. The van der Waals surface area contributed by atoms with Crippen molar-refractivity contribution in [1.82, 2.24) is 9.97 Å². The van der Waals surface area contributed by atoms with Gasteiger partial charge in [0, 0.05) is 12.4 Å². The Labute approximate surface area is 102 Å². The molecular formula is C11H8N2OS2. The Hall–Kier alpha value is -1.33. The standard InChI is InChI=1S/C11H8N2OS2/c14-11(15-9-5-1-3-7-12-9)16-10-6-2-4-8-13-10/h1-8H. The van der Waals surface area contributed by atoms with Crippen molar-refractivity contribution in [3.63, 3.8) is 0 Å². The van der Waals surface area contributed by atoms with Crippen molar-refractivity contribution in [3.05, 3.63) is 48.8 Å². The van der Waals surface area contributed by atoms with Crippen LogP contribution in [0, 0.1) is 0 Å². The molecule has 0 spiro atoms. The van der Waals surface area contributed by atoms with Gasteiger partial charge in [0.25, 0.3) is 4.45 Å². The van der Waals surface area contributed by atoms with Crippen LogP contribution >= 0.6 is 23.5 Å². The van der Waals surface area contributed by atoms with E-state index in [2.05, 4.69) is 9.97 Å². The molecule has 0 amide bonds. The lowest BCUT2D eigenvalue weighted by atomic mass is 10.5. The van der Waals surface area contributed by atoms with Crippen LogP contribution in [0.2, 0.25) is 0 Å². The van der Waals surface area contributed by atoms with E-state index in [9.17, 15) is 4.79 Å². The minimum atomic E-state index is -0.0302. The largest absolute Gasteiger partial charge is 0.274 e. The van der Waals surface area contributed by atoms with E-state index in [-0.39, 0.29) is 4.45 Å². The molecule has 16 heavy (non-hydrogen) atoms. The summed E-state index contributed by atoms with van der Waals surface area (Å²) in [6.45, 7) is 0. The molecule has 5 heteroatoms. The molecule has 0 saturated heterocycles. The normalized spacial score (nSPS) is 10.0. The molecule has 0 radical (unpaired) electrons. The number of rotatable bonds is 2. The number of carbonyl (C=O) groups is 1. The van der Waals surface area contributed by atoms with Gasteiger partial charge in [-0.25, -0.2) is 9.97 Å². The molecule has 2 aromatic rings. The first kappa shape index (κ1) is 11.2. The van der Waals surface area contributed by atoms with Crippen molar-refractivity contribution in [3.8, 4) is 0 Å². The van der Waals surface area contributed by atoms with E-state index in [0.717, 1.165) is 23.5 Å². The Morgan fingerprint density at radius 3 is 1.75 bits per heavy atom. The zero-order valence-corrected chi connectivity index (χ0v) is 9.87. The van der Waals surface area contributed by atoms with Crippen molar-refractivity contribution >= 4 is 28.0 Å². The fourth-order valence-corrected chi connectivity index (χ4v) is 2.55. The first-order valence-electron chi connectivity index (χ1n) is 4.56. The molecule has 2 aromatic heterocycles. The summed E-state index contributed by atoms with van der Waals surface area (Å²) in [6.07, 6.45) is 3.34. The molecule has 2 heterocycles. The van der Waals surface area contributed by atoms with E-state index in [1.807, 2.05) is 36.4 Å². The summed E-state index contributed by atoms with van der Waals surface area (Å²) >= 11 is 2.22. The highest BCUT2D eigenvalue weighted by molar-refractivity contribution is 8.38. The van der Waals surface area contributed by atoms with E-state index >= 15 is 0 Å². The average Bonchev–Trinajstić information content (AvgIpc) is 2.31. The summed E-state index contributed by atoms with van der Waals surface area (Å²) < 4.78 is -0.0302. The lowest BCUT2D eigenvalue weighted by Gasteiger charge is -1.98. The highest BCUT2D eigenvalue weighted by atomic mass is 32.2. The van der Waals surface area contributed by atoms with Crippen molar-refractivity contribution in [1.29, 1.82) is 0 Å². The predicted molar refractivity (Wildman–Crippen MR) is 65.6 cm³/mol. The van der Waals surface area contributed by atoms with Gasteiger partial charge in [0.05, 0.1) is 0 Å². The quantitative estimate of drug-likeness (QED) is 0.761. The number of pyridine rings is 2. The highest BCUT2D eigenvalue weighted by Crippen LogP contribution is 2.27. The first-order chi connectivity index (χ1) is 7.84. The highest BCUT2D eigenvalue weighted by Gasteiger charge is 2.08. The number of aromatic nitrogens is 2. The van der Waals surface area contributed by atoms with Gasteiger partial charge in [-0.3, -0.25) is 4.79 Å². The summed E-state index contributed by atoms with van der Waals surface area (Å²) in [5, 5.41) is 1.41. The molecule has 0 aromatic carbocycles. The molecule has 0 aliphatic carbocycles. The summed E-state index contributed by atoms with van der Waals surface area (Å²) in [4.78, 5) is 19.8. The number of thioether (sulfide) groups is 2. The van der Waals surface area contributed by atoms with Crippen molar-refractivity contribution in [2.45, 2.75) is 10.1 Å². The molecule has 0 N–H and O–H groups in total. The van der Waals surface area contributed by atoms with Crippen molar-refractivity contribution < 1.29 is 4.79 Å². The van der Waals surface area contributed by atoms with Gasteiger partial charge in [0.2, 0.25) is 0 Å². The first-order valence-corrected chi connectivity index (χ1v) is 6.19. The second-order valence-electron chi connectivity index (χ2n) is 2.79. The fourth-order valence-electron chi connectivity index (χ4n) is 1.01. The average molecular weight is 248 g/mol. The maximum absolute atomic E-state index is 11.6. The Balaban J connectivity index is 1.95. The minimum absolute atomic E-state index is 0.0302. The summed E-state index contributed by atoms with van der Waals surface area (Å²) in [7, 11) is 0. The number of nitrogens with zero attached hydrogens (tertiary/aromatic N) is 2. The van der Waals surface area contributed by atoms with E-state index < -0.39 is 0 Å². The zero-order chi connectivity index (χ0) is 11.2. The van der Waals surface area contributed by atoms with Gasteiger partial charge in [-0.2, -0.15) is 0 Å². The maximum atomic E-state index is 11.6. The number of hydrogen-bond donors (Lipinski definition) is 0. The molecule has 0 saturated carbocycles. The second kappa shape index (κ2) is 5.67. The Kier molecular flexibility index (Phi) is 3.96. The third-order valence-corrected chi connectivity index (χ3v) is 3.39. The van der Waals surface area contributed by atoms with Gasteiger partial charge in [-0.1, -0.05) is 12.1 Å². The Morgan fingerprint density at radius 2 is 1.38 bits per heavy atom. The number of hydrogen-bond acceptors (Lipinski definition) is 5. The van der Waals surface area contributed by atoms with Crippen molar-refractivity contribution in [2.75, 3.05) is 0 Å². The van der Waals surface area contributed by atoms with Crippen LogP contribution in [0.4, 0.5) is 4.79 Å². The predicted octanol–water partition coefficient (Wildman–Crippen LogP) is 3.48. The van der Waals surface area contributed by atoms with Crippen LogP contribution in [0.3, 0.4) is 0 Å². The molecule has 0 bridgehead atoms. The summed E-state index contributed by atoms with van der Waals surface area (Å²) in [6, 6.07) is 11.0. The molecule has 0 unspecified atom stereocenters. The monoisotopic (exact) mass is 248 g/mol.